The number of nitrogens with zero attached hydrogens (tertiary/aromatic N) is 3. The Morgan fingerprint density at radius 1 is 1.14 bits per heavy atom. The number of rotatable bonds is 5. The predicted molar refractivity (Wildman–Crippen MR) is 109 cm³/mol. The number of benzene rings is 2. The molecule has 2 aromatic heterocycles. The van der Waals surface area contributed by atoms with Gasteiger partial charge in [0.2, 0.25) is 11.8 Å². The number of carbonyl (C=O) groups is 1. The van der Waals surface area contributed by atoms with E-state index >= 15 is 0 Å². The number of fused-ring (bicyclic) bond motifs is 1. The number of hydrogen-bond acceptors (Lipinski definition) is 4. The molecule has 0 aliphatic carbocycles. The van der Waals surface area contributed by atoms with E-state index in [4.69, 9.17) is 4.52 Å². The molecule has 1 amide bonds. The Hall–Kier alpha value is -3.41. The second-order valence-corrected chi connectivity index (χ2v) is 7.68. The molecule has 6 nitrogen and oxygen atoms in total. The quantitative estimate of drug-likeness (QED) is 0.563. The van der Waals surface area contributed by atoms with Crippen molar-refractivity contribution in [2.75, 3.05) is 6.54 Å². The first-order valence-electron chi connectivity index (χ1n) is 9.87. The fraction of sp³-hybridized carbons (Fsp3) is 0.261. The van der Waals surface area contributed by atoms with Gasteiger partial charge in [0.05, 0.1) is 6.42 Å². The first-order chi connectivity index (χ1) is 14.2. The molecule has 1 fully saturated rings. The number of aryl methyl sites for hydroxylation is 1. The van der Waals surface area contributed by atoms with Crippen molar-refractivity contribution in [1.82, 2.24) is 20.0 Å². The van der Waals surface area contributed by atoms with E-state index < -0.39 is 0 Å². The maximum atomic E-state index is 12.5. The van der Waals surface area contributed by atoms with E-state index in [1.54, 1.807) is 0 Å². The van der Waals surface area contributed by atoms with Gasteiger partial charge in [-0.3, -0.25) is 4.79 Å². The average Bonchev–Trinajstić information content (AvgIpc) is 3.44. The van der Waals surface area contributed by atoms with Crippen LogP contribution < -0.4 is 0 Å². The first kappa shape index (κ1) is 17.7. The van der Waals surface area contributed by atoms with E-state index in [-0.39, 0.29) is 11.8 Å². The highest BCUT2D eigenvalue weighted by Gasteiger charge is 2.33. The zero-order valence-corrected chi connectivity index (χ0v) is 16.3. The summed E-state index contributed by atoms with van der Waals surface area (Å²) in [5.74, 6) is 1.32. The predicted octanol–water partition coefficient (Wildman–Crippen LogP) is 3.97. The number of para-hydroxylation sites is 1. The number of aromatic amines is 1. The van der Waals surface area contributed by atoms with Crippen LogP contribution in [-0.4, -0.2) is 32.5 Å². The summed E-state index contributed by atoms with van der Waals surface area (Å²) in [5.41, 5.74) is 4.59. The lowest BCUT2D eigenvalue weighted by molar-refractivity contribution is -0.128. The molecule has 3 heterocycles. The van der Waals surface area contributed by atoms with Crippen LogP contribution >= 0.6 is 0 Å². The topological polar surface area (TPSA) is 75.0 Å². The molecule has 0 bridgehead atoms. The lowest BCUT2D eigenvalue weighted by Gasteiger charge is -2.17. The third kappa shape index (κ3) is 3.42. The van der Waals surface area contributed by atoms with Crippen molar-refractivity contribution in [2.24, 2.45) is 0 Å². The molecular formula is C23H22N4O2. The third-order valence-corrected chi connectivity index (χ3v) is 5.70. The van der Waals surface area contributed by atoms with E-state index in [0.29, 0.717) is 37.6 Å². The molecule has 5 rings (SSSR count). The largest absolute Gasteiger partial charge is 0.361 e. The highest BCUT2D eigenvalue weighted by atomic mass is 16.5. The molecule has 29 heavy (non-hydrogen) atoms. The van der Waals surface area contributed by atoms with Crippen LogP contribution in [0.5, 0.6) is 0 Å². The minimum atomic E-state index is -0.0213. The van der Waals surface area contributed by atoms with Gasteiger partial charge in [-0.05, 0) is 29.7 Å². The van der Waals surface area contributed by atoms with Gasteiger partial charge in [0.1, 0.15) is 0 Å². The number of amides is 1. The molecule has 2 aromatic carbocycles. The van der Waals surface area contributed by atoms with Gasteiger partial charge in [0.15, 0.2) is 5.82 Å². The number of H-pyrrole nitrogens is 1. The van der Waals surface area contributed by atoms with Crippen molar-refractivity contribution in [3.05, 3.63) is 83.1 Å². The van der Waals surface area contributed by atoms with E-state index in [0.717, 1.165) is 16.5 Å². The first-order valence-corrected chi connectivity index (χ1v) is 9.87. The molecule has 0 saturated carbocycles. The number of carbonyl (C=O) groups excluding carboxylic acids is 1. The zero-order valence-electron chi connectivity index (χ0n) is 16.3. The average molecular weight is 386 g/mol. The van der Waals surface area contributed by atoms with Crippen LogP contribution in [0.2, 0.25) is 0 Å². The molecule has 0 radical (unpaired) electrons. The number of aromatic nitrogens is 3. The highest BCUT2D eigenvalue weighted by Crippen LogP contribution is 2.28. The summed E-state index contributed by atoms with van der Waals surface area (Å²) in [7, 11) is 0. The summed E-state index contributed by atoms with van der Waals surface area (Å²) in [5, 5.41) is 5.34. The Kier molecular flexibility index (Phi) is 4.39. The summed E-state index contributed by atoms with van der Waals surface area (Å²) in [4.78, 5) is 22.3. The molecule has 1 N–H and O–H groups in total. The lowest BCUT2D eigenvalue weighted by Crippen LogP contribution is -2.24. The summed E-state index contributed by atoms with van der Waals surface area (Å²) in [6.45, 7) is 3.32. The van der Waals surface area contributed by atoms with Crippen molar-refractivity contribution in [1.29, 1.82) is 0 Å². The summed E-state index contributed by atoms with van der Waals surface area (Å²) in [6, 6.07) is 16.3. The minimum absolute atomic E-state index is 0.0213. The van der Waals surface area contributed by atoms with Crippen LogP contribution in [0, 0.1) is 6.92 Å². The summed E-state index contributed by atoms with van der Waals surface area (Å²) >= 11 is 0. The van der Waals surface area contributed by atoms with Crippen molar-refractivity contribution < 1.29 is 9.32 Å². The van der Waals surface area contributed by atoms with Crippen LogP contribution in [-0.2, 0) is 17.8 Å². The van der Waals surface area contributed by atoms with Gasteiger partial charge in [-0.1, -0.05) is 47.6 Å². The van der Waals surface area contributed by atoms with E-state index in [2.05, 4.69) is 40.2 Å². The van der Waals surface area contributed by atoms with Gasteiger partial charge in [-0.2, -0.15) is 4.98 Å². The Balaban J connectivity index is 1.29. The Morgan fingerprint density at radius 3 is 2.86 bits per heavy atom. The van der Waals surface area contributed by atoms with Crippen LogP contribution in [0.3, 0.4) is 0 Å². The fourth-order valence-electron chi connectivity index (χ4n) is 4.04. The molecule has 0 spiro atoms. The smallest absolute Gasteiger partial charge is 0.231 e. The number of hydrogen-bond donors (Lipinski definition) is 1. The van der Waals surface area contributed by atoms with Gasteiger partial charge in [0.25, 0.3) is 0 Å². The van der Waals surface area contributed by atoms with Gasteiger partial charge >= 0.3 is 0 Å². The third-order valence-electron chi connectivity index (χ3n) is 5.70. The molecule has 146 valence electrons. The molecule has 1 aliphatic rings. The number of likely N-dealkylation sites (tertiary alicyclic amines) is 1. The standard InChI is InChI=1S/C23H22N4O2/c1-15-6-2-3-7-16(15)13-27-14-18(11-22(27)28)23-25-21(29-26-23)10-17-12-24-20-9-5-4-8-19(17)20/h2-9,12,18,24H,10-11,13-14H2,1H3. The summed E-state index contributed by atoms with van der Waals surface area (Å²) < 4.78 is 5.50. The lowest BCUT2D eigenvalue weighted by atomic mass is 10.1. The van der Waals surface area contributed by atoms with E-state index in [1.165, 1.54) is 11.1 Å². The van der Waals surface area contributed by atoms with Crippen LogP contribution in [0.25, 0.3) is 10.9 Å². The van der Waals surface area contributed by atoms with Gasteiger partial charge in [-0.15, -0.1) is 0 Å². The van der Waals surface area contributed by atoms with Gasteiger partial charge < -0.3 is 14.4 Å². The molecular weight excluding hydrogens is 364 g/mol. The van der Waals surface area contributed by atoms with Crippen molar-refractivity contribution in [3.63, 3.8) is 0 Å². The van der Waals surface area contributed by atoms with Crippen LogP contribution in [0.15, 0.2) is 59.3 Å². The monoisotopic (exact) mass is 386 g/mol. The SMILES string of the molecule is Cc1ccccc1CN1CC(c2noc(Cc3c[nH]c4ccccc34)n2)CC1=O. The Bertz CT molecular complexity index is 1180. The minimum Gasteiger partial charge on any atom is -0.361 e. The van der Waals surface area contributed by atoms with Crippen molar-refractivity contribution in [3.8, 4) is 0 Å². The van der Waals surface area contributed by atoms with E-state index in [1.807, 2.05) is 41.4 Å². The van der Waals surface area contributed by atoms with Gasteiger partial charge in [-0.25, -0.2) is 0 Å². The van der Waals surface area contributed by atoms with Crippen molar-refractivity contribution in [2.45, 2.75) is 32.2 Å². The maximum Gasteiger partial charge on any atom is 0.231 e. The second kappa shape index (κ2) is 7.20. The Labute approximate surface area is 168 Å². The van der Waals surface area contributed by atoms with Crippen molar-refractivity contribution >= 4 is 16.8 Å². The van der Waals surface area contributed by atoms with Crippen LogP contribution in [0.1, 0.15) is 40.7 Å². The molecule has 1 saturated heterocycles. The van der Waals surface area contributed by atoms with E-state index in [9.17, 15) is 4.79 Å². The molecule has 1 aliphatic heterocycles. The van der Waals surface area contributed by atoms with Crippen LogP contribution in [0.4, 0.5) is 0 Å². The maximum absolute atomic E-state index is 12.5. The summed E-state index contributed by atoms with van der Waals surface area (Å²) in [6.07, 6.45) is 2.99. The Morgan fingerprint density at radius 2 is 1.97 bits per heavy atom. The zero-order chi connectivity index (χ0) is 19.8. The number of nitrogens with one attached hydrogen (secondary N) is 1. The van der Waals surface area contributed by atoms with Gasteiger partial charge in [0, 0.05) is 42.5 Å². The fourth-order valence-corrected chi connectivity index (χ4v) is 4.04. The molecule has 6 heteroatoms. The molecule has 1 atom stereocenters. The second-order valence-electron chi connectivity index (χ2n) is 7.68. The molecule has 4 aromatic rings. The molecule has 1 unspecified atom stereocenters. The highest BCUT2D eigenvalue weighted by molar-refractivity contribution is 5.83. The normalized spacial score (nSPS) is 16.8.